The van der Waals surface area contributed by atoms with Crippen molar-refractivity contribution in [2.24, 2.45) is 17.3 Å². The first kappa shape index (κ1) is 15.5. The van der Waals surface area contributed by atoms with Crippen molar-refractivity contribution in [1.82, 2.24) is 5.32 Å². The molecule has 1 N–H and O–H groups in total. The average Bonchev–Trinajstić information content (AvgIpc) is 2.08. The molecule has 1 heteroatoms. The van der Waals surface area contributed by atoms with Crippen LogP contribution in [0.1, 0.15) is 54.4 Å². The molecule has 0 aromatic rings. The molecule has 94 valence electrons. The summed E-state index contributed by atoms with van der Waals surface area (Å²) in [5, 5.41) is 3.45. The summed E-state index contributed by atoms with van der Waals surface area (Å²) in [4.78, 5) is 0. The van der Waals surface area contributed by atoms with Crippen molar-refractivity contribution < 1.29 is 0 Å². The van der Waals surface area contributed by atoms with Gasteiger partial charge in [-0.05, 0) is 36.6 Å². The van der Waals surface area contributed by atoms with Crippen LogP contribution in [0.15, 0.2) is 0 Å². The predicted octanol–water partition coefficient (Wildman–Crippen LogP) is 3.70. The quantitative estimate of drug-likeness (QED) is 0.677. The Morgan fingerprint density at radius 1 is 1.19 bits per heavy atom. The van der Waals surface area contributed by atoms with Crippen LogP contribution in [-0.4, -0.2) is 12.6 Å². The van der Waals surface area contributed by atoms with Crippen LogP contribution in [0.4, 0.5) is 0 Å². The van der Waals surface area contributed by atoms with Crippen molar-refractivity contribution in [3.05, 3.63) is 0 Å². The lowest BCUT2D eigenvalue weighted by Crippen LogP contribution is -2.33. The number of hydrogen-bond donors (Lipinski definition) is 1. The summed E-state index contributed by atoms with van der Waals surface area (Å²) in [6.45, 7) is 14.6. The van der Waals surface area contributed by atoms with E-state index in [1.54, 1.807) is 0 Å². The van der Waals surface area contributed by atoms with E-state index in [2.05, 4.69) is 52.8 Å². The van der Waals surface area contributed by atoms with E-state index < -0.39 is 0 Å². The highest BCUT2D eigenvalue weighted by Crippen LogP contribution is 2.25. The zero-order chi connectivity index (χ0) is 12.8. The van der Waals surface area contributed by atoms with Crippen LogP contribution in [0, 0.1) is 29.6 Å². The molecule has 0 aromatic heterocycles. The first-order chi connectivity index (χ1) is 7.26. The van der Waals surface area contributed by atoms with E-state index in [0.29, 0.717) is 11.3 Å². The van der Waals surface area contributed by atoms with Crippen molar-refractivity contribution in [2.45, 2.75) is 60.4 Å². The molecule has 0 bridgehead atoms. The largest absolute Gasteiger partial charge is 0.303 e. The summed E-state index contributed by atoms with van der Waals surface area (Å²) in [5.74, 6) is 4.09. The Kier molecular flexibility index (Phi) is 6.76. The normalized spacial score (nSPS) is 15.9. The molecule has 0 aliphatic heterocycles. The Hall–Kier alpha value is -0.480. The van der Waals surface area contributed by atoms with Crippen LogP contribution in [0.5, 0.6) is 0 Å². The van der Waals surface area contributed by atoms with Gasteiger partial charge < -0.3 is 5.32 Å². The van der Waals surface area contributed by atoms with E-state index in [4.69, 9.17) is 6.42 Å². The summed E-state index contributed by atoms with van der Waals surface area (Å²) in [7, 11) is 0. The molecule has 0 radical (unpaired) electrons. The number of rotatable bonds is 6. The maximum atomic E-state index is 5.48. The van der Waals surface area contributed by atoms with Crippen molar-refractivity contribution >= 4 is 0 Å². The standard InChI is InChI=1S/C15H29N/c1-8-14(12(2)3)16-10-9-13(4)11-15(5,6)7/h1,12-14,16H,9-11H2,2-7H3. The third-order valence-electron chi connectivity index (χ3n) is 2.81. The van der Waals surface area contributed by atoms with Crippen LogP contribution >= 0.6 is 0 Å². The molecule has 0 spiro atoms. The van der Waals surface area contributed by atoms with Crippen LogP contribution in [0.25, 0.3) is 0 Å². The van der Waals surface area contributed by atoms with Gasteiger partial charge in [-0.1, -0.05) is 47.5 Å². The van der Waals surface area contributed by atoms with Crippen LogP contribution in [0.2, 0.25) is 0 Å². The first-order valence-corrected chi connectivity index (χ1v) is 6.46. The summed E-state index contributed by atoms with van der Waals surface area (Å²) in [5.41, 5.74) is 0.434. The summed E-state index contributed by atoms with van der Waals surface area (Å²) >= 11 is 0. The van der Waals surface area contributed by atoms with Gasteiger partial charge in [-0.2, -0.15) is 0 Å². The van der Waals surface area contributed by atoms with Gasteiger partial charge in [0.2, 0.25) is 0 Å². The molecular weight excluding hydrogens is 194 g/mol. The Labute approximate surface area is 102 Å². The lowest BCUT2D eigenvalue weighted by atomic mass is 9.84. The third kappa shape index (κ3) is 7.77. The van der Waals surface area contributed by atoms with Crippen molar-refractivity contribution in [2.75, 3.05) is 6.54 Å². The van der Waals surface area contributed by atoms with Crippen LogP contribution in [-0.2, 0) is 0 Å². The molecule has 0 aliphatic rings. The van der Waals surface area contributed by atoms with Gasteiger partial charge in [0.15, 0.2) is 0 Å². The summed E-state index contributed by atoms with van der Waals surface area (Å²) in [6, 6.07) is 0.224. The third-order valence-corrected chi connectivity index (χ3v) is 2.81. The topological polar surface area (TPSA) is 12.0 Å². The molecule has 0 saturated carbocycles. The van der Waals surface area contributed by atoms with Gasteiger partial charge in [0.1, 0.15) is 0 Å². The molecule has 2 unspecified atom stereocenters. The fourth-order valence-corrected chi connectivity index (χ4v) is 2.12. The van der Waals surface area contributed by atoms with E-state index in [0.717, 1.165) is 12.5 Å². The van der Waals surface area contributed by atoms with Gasteiger partial charge in [-0.3, -0.25) is 0 Å². The van der Waals surface area contributed by atoms with Gasteiger partial charge in [0.25, 0.3) is 0 Å². The maximum absolute atomic E-state index is 5.48. The molecule has 0 fully saturated rings. The minimum absolute atomic E-state index is 0.224. The number of terminal acetylenes is 1. The lowest BCUT2D eigenvalue weighted by molar-refractivity contribution is 0.291. The average molecular weight is 223 g/mol. The second kappa shape index (κ2) is 6.97. The van der Waals surface area contributed by atoms with Gasteiger partial charge in [0.05, 0.1) is 6.04 Å². The first-order valence-electron chi connectivity index (χ1n) is 6.46. The molecular formula is C15H29N. The maximum Gasteiger partial charge on any atom is 0.0710 e. The number of hydrogen-bond acceptors (Lipinski definition) is 1. The SMILES string of the molecule is C#CC(NCCC(C)CC(C)(C)C)C(C)C. The fourth-order valence-electron chi connectivity index (χ4n) is 2.12. The van der Waals surface area contributed by atoms with Crippen LogP contribution in [0.3, 0.4) is 0 Å². The van der Waals surface area contributed by atoms with Gasteiger partial charge in [0, 0.05) is 0 Å². The Morgan fingerprint density at radius 2 is 1.75 bits per heavy atom. The van der Waals surface area contributed by atoms with E-state index in [1.165, 1.54) is 12.8 Å². The highest BCUT2D eigenvalue weighted by molar-refractivity contribution is 5.00. The molecule has 0 rings (SSSR count). The zero-order valence-electron chi connectivity index (χ0n) is 11.9. The van der Waals surface area contributed by atoms with Gasteiger partial charge in [-0.25, -0.2) is 0 Å². The Morgan fingerprint density at radius 3 is 2.12 bits per heavy atom. The minimum atomic E-state index is 0.224. The predicted molar refractivity (Wildman–Crippen MR) is 73.3 cm³/mol. The smallest absolute Gasteiger partial charge is 0.0710 e. The summed E-state index contributed by atoms with van der Waals surface area (Å²) < 4.78 is 0. The highest BCUT2D eigenvalue weighted by atomic mass is 14.9. The molecule has 0 aliphatic carbocycles. The van der Waals surface area contributed by atoms with Crippen molar-refractivity contribution in [1.29, 1.82) is 0 Å². The van der Waals surface area contributed by atoms with E-state index in [-0.39, 0.29) is 6.04 Å². The van der Waals surface area contributed by atoms with Crippen molar-refractivity contribution in [3.8, 4) is 12.3 Å². The number of nitrogens with one attached hydrogen (secondary N) is 1. The second-order valence-electron chi connectivity index (χ2n) is 6.50. The lowest BCUT2D eigenvalue weighted by Gasteiger charge is -2.24. The highest BCUT2D eigenvalue weighted by Gasteiger charge is 2.15. The van der Waals surface area contributed by atoms with E-state index in [9.17, 15) is 0 Å². The van der Waals surface area contributed by atoms with E-state index in [1.807, 2.05) is 0 Å². The molecule has 0 heterocycles. The van der Waals surface area contributed by atoms with Crippen LogP contribution < -0.4 is 5.32 Å². The zero-order valence-corrected chi connectivity index (χ0v) is 11.9. The molecule has 2 atom stereocenters. The fraction of sp³-hybridized carbons (Fsp3) is 0.867. The Balaban J connectivity index is 3.78. The minimum Gasteiger partial charge on any atom is -0.303 e. The second-order valence-corrected chi connectivity index (χ2v) is 6.50. The monoisotopic (exact) mass is 223 g/mol. The van der Waals surface area contributed by atoms with Crippen molar-refractivity contribution in [3.63, 3.8) is 0 Å². The van der Waals surface area contributed by atoms with Gasteiger partial charge in [-0.15, -0.1) is 6.42 Å². The Bertz CT molecular complexity index is 217. The van der Waals surface area contributed by atoms with E-state index >= 15 is 0 Å². The molecule has 1 nitrogen and oxygen atoms in total. The summed E-state index contributed by atoms with van der Waals surface area (Å²) in [6.07, 6.45) is 7.97. The molecule has 0 saturated heterocycles. The molecule has 0 aromatic carbocycles. The van der Waals surface area contributed by atoms with Gasteiger partial charge >= 0.3 is 0 Å². The molecule has 16 heavy (non-hydrogen) atoms. The molecule has 0 amide bonds.